The van der Waals surface area contributed by atoms with Gasteiger partial charge in [0.2, 0.25) is 12.7 Å². The summed E-state index contributed by atoms with van der Waals surface area (Å²) >= 11 is 0. The van der Waals surface area contributed by atoms with Gasteiger partial charge in [0.25, 0.3) is 0 Å². The van der Waals surface area contributed by atoms with Crippen LogP contribution in [0.4, 0.5) is 0 Å². The summed E-state index contributed by atoms with van der Waals surface area (Å²) in [7, 11) is 0. The van der Waals surface area contributed by atoms with Gasteiger partial charge in [-0.25, -0.2) is 0 Å². The molecule has 0 saturated heterocycles. The van der Waals surface area contributed by atoms with E-state index in [2.05, 4.69) is 6.92 Å². The molecule has 1 aliphatic heterocycles. The van der Waals surface area contributed by atoms with E-state index in [1.807, 2.05) is 29.2 Å². The number of hydrogen-bond acceptors (Lipinski definition) is 3. The molecule has 1 saturated carbocycles. The van der Waals surface area contributed by atoms with Gasteiger partial charge in [0, 0.05) is 19.2 Å². The van der Waals surface area contributed by atoms with E-state index in [1.165, 1.54) is 12.8 Å². The first-order chi connectivity index (χ1) is 10.3. The Morgan fingerprint density at radius 1 is 1.33 bits per heavy atom. The molecule has 0 bridgehead atoms. The number of carbonyl (C=O) groups is 1. The van der Waals surface area contributed by atoms with Crippen LogP contribution in [0.2, 0.25) is 0 Å². The molecule has 21 heavy (non-hydrogen) atoms. The van der Waals surface area contributed by atoms with Crippen molar-refractivity contribution in [1.29, 1.82) is 0 Å². The normalized spacial score (nSPS) is 16.4. The van der Waals surface area contributed by atoms with E-state index in [0.29, 0.717) is 0 Å². The average molecular weight is 287 g/mol. The van der Waals surface area contributed by atoms with Crippen molar-refractivity contribution in [3.05, 3.63) is 29.8 Å². The molecule has 0 radical (unpaired) electrons. The van der Waals surface area contributed by atoms with Crippen LogP contribution in [0.15, 0.2) is 24.3 Å². The molecule has 0 N–H and O–H groups in total. The minimum Gasteiger partial charge on any atom is -0.454 e. The summed E-state index contributed by atoms with van der Waals surface area (Å²) in [5.41, 5.74) is 0.954. The number of carbonyl (C=O) groups excluding carboxylic acids is 1. The fraction of sp³-hybridized carbons (Fsp3) is 0.471. The van der Waals surface area contributed by atoms with Gasteiger partial charge >= 0.3 is 0 Å². The third-order valence-electron chi connectivity index (χ3n) is 3.80. The number of hydrogen-bond donors (Lipinski definition) is 0. The fourth-order valence-electron chi connectivity index (χ4n) is 2.46. The second kappa shape index (κ2) is 6.20. The lowest BCUT2D eigenvalue weighted by Crippen LogP contribution is -2.32. The molecule has 0 aromatic heterocycles. The molecule has 2 aliphatic rings. The van der Waals surface area contributed by atoms with Crippen molar-refractivity contribution in [1.82, 2.24) is 4.90 Å². The molecule has 1 aliphatic carbocycles. The van der Waals surface area contributed by atoms with Crippen LogP contribution in [-0.4, -0.2) is 30.7 Å². The van der Waals surface area contributed by atoms with Gasteiger partial charge in [0.1, 0.15) is 0 Å². The second-order valence-electron chi connectivity index (χ2n) is 5.67. The van der Waals surface area contributed by atoms with Crippen molar-refractivity contribution >= 4 is 12.0 Å². The van der Waals surface area contributed by atoms with Crippen LogP contribution in [0.5, 0.6) is 11.5 Å². The third-order valence-corrected chi connectivity index (χ3v) is 3.80. The minimum absolute atomic E-state index is 0.0985. The van der Waals surface area contributed by atoms with E-state index in [4.69, 9.17) is 9.47 Å². The lowest BCUT2D eigenvalue weighted by molar-refractivity contribution is -0.126. The molecule has 1 heterocycles. The van der Waals surface area contributed by atoms with Gasteiger partial charge in [-0.1, -0.05) is 13.0 Å². The Hall–Kier alpha value is -1.97. The van der Waals surface area contributed by atoms with Crippen LogP contribution in [0.3, 0.4) is 0 Å². The maximum Gasteiger partial charge on any atom is 0.246 e. The van der Waals surface area contributed by atoms with Gasteiger partial charge in [-0.3, -0.25) is 4.79 Å². The largest absolute Gasteiger partial charge is 0.454 e. The predicted octanol–water partition coefficient (Wildman–Crippen LogP) is 3.08. The molecular formula is C17H21NO3. The fourth-order valence-corrected chi connectivity index (χ4v) is 2.46. The van der Waals surface area contributed by atoms with E-state index in [-0.39, 0.29) is 12.7 Å². The first-order valence-corrected chi connectivity index (χ1v) is 7.63. The van der Waals surface area contributed by atoms with E-state index in [1.54, 1.807) is 6.08 Å². The number of fused-ring (bicyclic) bond motifs is 1. The molecule has 1 fully saturated rings. The summed E-state index contributed by atoms with van der Waals surface area (Å²) < 4.78 is 10.6. The van der Waals surface area contributed by atoms with Crippen LogP contribution in [0, 0.1) is 5.92 Å². The van der Waals surface area contributed by atoms with E-state index >= 15 is 0 Å². The van der Waals surface area contributed by atoms with Crippen LogP contribution in [0.25, 0.3) is 6.08 Å². The molecule has 0 unspecified atom stereocenters. The van der Waals surface area contributed by atoms with Gasteiger partial charge in [-0.05, 0) is 49.0 Å². The molecule has 1 amide bonds. The topological polar surface area (TPSA) is 38.8 Å². The van der Waals surface area contributed by atoms with Crippen LogP contribution in [-0.2, 0) is 4.79 Å². The van der Waals surface area contributed by atoms with Gasteiger partial charge in [0.05, 0.1) is 0 Å². The number of amides is 1. The minimum atomic E-state index is 0.0985. The molecule has 1 aromatic carbocycles. The first-order valence-electron chi connectivity index (χ1n) is 7.63. The summed E-state index contributed by atoms with van der Waals surface area (Å²) in [6.07, 6.45) is 7.03. The molecule has 0 atom stereocenters. The van der Waals surface area contributed by atoms with Crippen molar-refractivity contribution in [3.8, 4) is 11.5 Å². The zero-order chi connectivity index (χ0) is 14.7. The van der Waals surface area contributed by atoms with Crippen molar-refractivity contribution in [2.75, 3.05) is 19.9 Å². The standard InChI is InChI=1S/C17H21NO3/c1-2-9-18(11-14-3-4-14)17(19)8-6-13-5-7-15-16(10-13)21-12-20-15/h5-8,10,14H,2-4,9,11-12H2,1H3/b8-6+. The first kappa shape index (κ1) is 14.0. The number of benzene rings is 1. The second-order valence-corrected chi connectivity index (χ2v) is 5.67. The number of ether oxygens (including phenoxy) is 2. The van der Waals surface area contributed by atoms with Crippen LogP contribution >= 0.6 is 0 Å². The third kappa shape index (κ3) is 3.57. The Kier molecular flexibility index (Phi) is 4.13. The molecule has 1 aromatic rings. The summed E-state index contributed by atoms with van der Waals surface area (Å²) in [5.74, 6) is 2.33. The highest BCUT2D eigenvalue weighted by molar-refractivity contribution is 5.91. The molecule has 0 spiro atoms. The Morgan fingerprint density at radius 3 is 2.90 bits per heavy atom. The summed E-state index contributed by atoms with van der Waals surface area (Å²) in [5, 5.41) is 0. The molecule has 112 valence electrons. The predicted molar refractivity (Wildman–Crippen MR) is 81.2 cm³/mol. The maximum absolute atomic E-state index is 12.3. The van der Waals surface area contributed by atoms with Crippen molar-refractivity contribution in [2.45, 2.75) is 26.2 Å². The van der Waals surface area contributed by atoms with E-state index < -0.39 is 0 Å². The Labute approximate surface area is 125 Å². The zero-order valence-corrected chi connectivity index (χ0v) is 12.4. The van der Waals surface area contributed by atoms with Crippen LogP contribution in [0.1, 0.15) is 31.7 Å². The Bertz CT molecular complexity index is 549. The molecule has 3 rings (SSSR count). The number of rotatable bonds is 6. The molecule has 4 nitrogen and oxygen atoms in total. The Morgan fingerprint density at radius 2 is 2.14 bits per heavy atom. The highest BCUT2D eigenvalue weighted by Gasteiger charge is 2.25. The summed E-state index contributed by atoms with van der Waals surface area (Å²) in [4.78, 5) is 14.2. The molecular weight excluding hydrogens is 266 g/mol. The average Bonchev–Trinajstić information content (AvgIpc) is 3.18. The highest BCUT2D eigenvalue weighted by Crippen LogP contribution is 2.33. The van der Waals surface area contributed by atoms with Gasteiger partial charge in [0.15, 0.2) is 11.5 Å². The van der Waals surface area contributed by atoms with E-state index in [0.717, 1.165) is 42.5 Å². The quantitative estimate of drug-likeness (QED) is 0.755. The molecule has 4 heteroatoms. The Balaban J connectivity index is 1.64. The van der Waals surface area contributed by atoms with Gasteiger partial charge < -0.3 is 14.4 Å². The van der Waals surface area contributed by atoms with Gasteiger partial charge in [-0.15, -0.1) is 0 Å². The SMILES string of the molecule is CCCN(CC1CC1)C(=O)/C=C/c1ccc2c(c1)OCO2. The van der Waals surface area contributed by atoms with Gasteiger partial charge in [-0.2, -0.15) is 0 Å². The summed E-state index contributed by atoms with van der Waals surface area (Å²) in [6.45, 7) is 4.11. The van der Waals surface area contributed by atoms with E-state index in [9.17, 15) is 4.79 Å². The van der Waals surface area contributed by atoms with Crippen molar-refractivity contribution in [2.24, 2.45) is 5.92 Å². The van der Waals surface area contributed by atoms with Crippen molar-refractivity contribution in [3.63, 3.8) is 0 Å². The number of nitrogens with zero attached hydrogens (tertiary/aromatic N) is 1. The van der Waals surface area contributed by atoms with Crippen molar-refractivity contribution < 1.29 is 14.3 Å². The lowest BCUT2D eigenvalue weighted by Gasteiger charge is -2.20. The highest BCUT2D eigenvalue weighted by atomic mass is 16.7. The smallest absolute Gasteiger partial charge is 0.246 e. The zero-order valence-electron chi connectivity index (χ0n) is 12.4. The van der Waals surface area contributed by atoms with Crippen LogP contribution < -0.4 is 9.47 Å². The maximum atomic E-state index is 12.3. The lowest BCUT2D eigenvalue weighted by atomic mass is 10.2. The summed E-state index contributed by atoms with van der Waals surface area (Å²) in [6, 6.07) is 5.71. The monoisotopic (exact) mass is 287 g/mol.